The van der Waals surface area contributed by atoms with Gasteiger partial charge in [-0.3, -0.25) is 0 Å². The first-order chi connectivity index (χ1) is 3.81. The first-order valence-corrected chi connectivity index (χ1v) is 4.71. The van der Waals surface area contributed by atoms with E-state index in [-0.39, 0.29) is 0 Å². The zero-order valence-corrected chi connectivity index (χ0v) is 8.07. The second kappa shape index (κ2) is 5.83. The Labute approximate surface area is 67.6 Å². The lowest BCUT2D eigenvalue weighted by Crippen LogP contribution is -1.86. The van der Waals surface area contributed by atoms with Gasteiger partial charge in [0.15, 0.2) is 0 Å². The summed E-state index contributed by atoms with van der Waals surface area (Å²) in [5.74, 6) is 0. The van der Waals surface area contributed by atoms with E-state index >= 15 is 0 Å². The van der Waals surface area contributed by atoms with Gasteiger partial charge in [-0.05, 0) is 6.42 Å². The molecular weight excluding hydrogens is 232 g/mol. The third kappa shape index (κ3) is 4.85. The van der Waals surface area contributed by atoms with Crippen LogP contribution in [0.1, 0.15) is 13.3 Å². The van der Waals surface area contributed by atoms with Gasteiger partial charge in [0, 0.05) is 10.2 Å². The summed E-state index contributed by atoms with van der Waals surface area (Å²) in [6.07, 6.45) is 5.40. The Kier molecular flexibility index (Phi) is 6.34. The molecule has 48 valence electrons. The first-order valence-electron chi connectivity index (χ1n) is 2.68. The monoisotopic (exact) mass is 240 g/mol. The van der Waals surface area contributed by atoms with Crippen molar-refractivity contribution >= 4 is 31.9 Å². The normalized spacial score (nSPS) is 14.9. The number of hydrogen-bond acceptors (Lipinski definition) is 0. The minimum absolute atomic E-state index is 0.556. The van der Waals surface area contributed by atoms with Crippen LogP contribution < -0.4 is 0 Å². The highest BCUT2D eigenvalue weighted by atomic mass is 79.9. The standard InChI is InChI=1S/C6H10Br2/c1-2-6(8)4-3-5-7/h3-4,6H,2,5H2,1H3. The maximum atomic E-state index is 3.47. The zero-order chi connectivity index (χ0) is 6.41. The fraction of sp³-hybridized carbons (Fsp3) is 0.667. The molecule has 0 rings (SSSR count). The van der Waals surface area contributed by atoms with Crippen molar-refractivity contribution in [2.24, 2.45) is 0 Å². The molecule has 0 amide bonds. The van der Waals surface area contributed by atoms with Gasteiger partial charge in [-0.15, -0.1) is 0 Å². The second-order valence-electron chi connectivity index (χ2n) is 1.51. The van der Waals surface area contributed by atoms with Crippen molar-refractivity contribution in [1.82, 2.24) is 0 Å². The quantitative estimate of drug-likeness (QED) is 0.526. The lowest BCUT2D eigenvalue weighted by atomic mass is 10.3. The van der Waals surface area contributed by atoms with E-state index < -0.39 is 0 Å². The van der Waals surface area contributed by atoms with Gasteiger partial charge in [0.1, 0.15) is 0 Å². The SMILES string of the molecule is CCC(Br)C=CCBr. The molecule has 1 atom stereocenters. The predicted molar refractivity (Wildman–Crippen MR) is 45.9 cm³/mol. The maximum absolute atomic E-state index is 3.47. The minimum Gasteiger partial charge on any atom is -0.0883 e. The summed E-state index contributed by atoms with van der Waals surface area (Å²) >= 11 is 6.77. The van der Waals surface area contributed by atoms with Crippen molar-refractivity contribution in [2.75, 3.05) is 5.33 Å². The van der Waals surface area contributed by atoms with Crippen molar-refractivity contribution in [3.63, 3.8) is 0 Å². The molecule has 0 aliphatic heterocycles. The summed E-state index contributed by atoms with van der Waals surface area (Å²) in [4.78, 5) is 0.556. The molecule has 0 N–H and O–H groups in total. The molecule has 0 spiro atoms. The molecule has 1 unspecified atom stereocenters. The molecular formula is C6H10Br2. The molecule has 8 heavy (non-hydrogen) atoms. The number of halogens is 2. The Hall–Kier alpha value is 0.700. The van der Waals surface area contributed by atoms with Crippen LogP contribution in [-0.2, 0) is 0 Å². The molecule has 0 saturated carbocycles. The lowest BCUT2D eigenvalue weighted by molar-refractivity contribution is 0.990. The molecule has 0 aliphatic rings. The maximum Gasteiger partial charge on any atom is 0.0323 e. The number of alkyl halides is 2. The van der Waals surface area contributed by atoms with Crippen molar-refractivity contribution in [1.29, 1.82) is 0 Å². The van der Waals surface area contributed by atoms with Gasteiger partial charge in [-0.25, -0.2) is 0 Å². The Morgan fingerprint density at radius 2 is 2.25 bits per heavy atom. The fourth-order valence-electron chi connectivity index (χ4n) is 0.335. The highest BCUT2D eigenvalue weighted by Gasteiger charge is 1.89. The fourth-order valence-corrected chi connectivity index (χ4v) is 0.767. The van der Waals surface area contributed by atoms with Crippen molar-refractivity contribution in [3.05, 3.63) is 12.2 Å². The van der Waals surface area contributed by atoms with Gasteiger partial charge in [0.25, 0.3) is 0 Å². The summed E-state index contributed by atoms with van der Waals surface area (Å²) in [6, 6.07) is 0. The van der Waals surface area contributed by atoms with Crippen LogP contribution in [0.25, 0.3) is 0 Å². The smallest absolute Gasteiger partial charge is 0.0323 e. The Morgan fingerprint density at radius 3 is 2.62 bits per heavy atom. The van der Waals surface area contributed by atoms with Crippen LogP contribution in [0.2, 0.25) is 0 Å². The minimum atomic E-state index is 0.556. The number of hydrogen-bond donors (Lipinski definition) is 0. The van der Waals surface area contributed by atoms with Gasteiger partial charge >= 0.3 is 0 Å². The molecule has 0 nitrogen and oxygen atoms in total. The third-order valence-corrected chi connectivity index (χ3v) is 2.15. The van der Waals surface area contributed by atoms with Crippen LogP contribution in [0.4, 0.5) is 0 Å². The number of rotatable bonds is 3. The Balaban J connectivity index is 3.21. The van der Waals surface area contributed by atoms with Gasteiger partial charge in [0.2, 0.25) is 0 Å². The summed E-state index contributed by atoms with van der Waals surface area (Å²) in [5, 5.41) is 0.953. The largest absolute Gasteiger partial charge is 0.0883 e. The van der Waals surface area contributed by atoms with E-state index in [9.17, 15) is 0 Å². The van der Waals surface area contributed by atoms with E-state index in [1.165, 1.54) is 0 Å². The zero-order valence-electron chi connectivity index (χ0n) is 4.90. The van der Waals surface area contributed by atoms with Crippen molar-refractivity contribution in [2.45, 2.75) is 18.2 Å². The average Bonchev–Trinajstić information content (AvgIpc) is 1.83. The molecule has 2 heteroatoms. The van der Waals surface area contributed by atoms with Crippen LogP contribution in [0.3, 0.4) is 0 Å². The molecule has 0 saturated heterocycles. The number of allylic oxidation sites excluding steroid dienone is 2. The summed E-state index contributed by atoms with van der Waals surface area (Å²) < 4.78 is 0. The van der Waals surface area contributed by atoms with Crippen LogP contribution in [0.15, 0.2) is 12.2 Å². The van der Waals surface area contributed by atoms with E-state index in [1.807, 2.05) is 0 Å². The molecule has 0 aromatic carbocycles. The lowest BCUT2D eigenvalue weighted by Gasteiger charge is -1.94. The summed E-state index contributed by atoms with van der Waals surface area (Å²) in [7, 11) is 0. The molecule has 0 fully saturated rings. The molecule has 0 aromatic heterocycles. The van der Waals surface area contributed by atoms with Gasteiger partial charge in [-0.1, -0.05) is 50.9 Å². The van der Waals surface area contributed by atoms with E-state index in [0.29, 0.717) is 4.83 Å². The van der Waals surface area contributed by atoms with E-state index in [2.05, 4.69) is 50.9 Å². The molecule has 0 radical (unpaired) electrons. The van der Waals surface area contributed by atoms with Gasteiger partial charge in [0.05, 0.1) is 0 Å². The Bertz CT molecular complexity index is 68.9. The molecule has 0 bridgehead atoms. The predicted octanol–water partition coefficient (Wildman–Crippen LogP) is 3.11. The third-order valence-electron chi connectivity index (χ3n) is 0.824. The van der Waals surface area contributed by atoms with Crippen molar-refractivity contribution in [3.8, 4) is 0 Å². The van der Waals surface area contributed by atoms with E-state index in [1.54, 1.807) is 0 Å². The Morgan fingerprint density at radius 1 is 1.62 bits per heavy atom. The average molecular weight is 242 g/mol. The molecule has 0 aromatic rings. The first kappa shape index (κ1) is 8.70. The van der Waals surface area contributed by atoms with Gasteiger partial charge < -0.3 is 0 Å². The van der Waals surface area contributed by atoms with Crippen LogP contribution in [-0.4, -0.2) is 10.2 Å². The van der Waals surface area contributed by atoms with Gasteiger partial charge in [-0.2, -0.15) is 0 Å². The summed E-state index contributed by atoms with van der Waals surface area (Å²) in [5.41, 5.74) is 0. The molecule has 0 heterocycles. The van der Waals surface area contributed by atoms with Crippen molar-refractivity contribution < 1.29 is 0 Å². The van der Waals surface area contributed by atoms with Crippen LogP contribution in [0.5, 0.6) is 0 Å². The van der Waals surface area contributed by atoms with Crippen LogP contribution in [0, 0.1) is 0 Å². The summed E-state index contributed by atoms with van der Waals surface area (Å²) in [6.45, 7) is 2.15. The topological polar surface area (TPSA) is 0 Å². The highest BCUT2D eigenvalue weighted by Crippen LogP contribution is 2.05. The van der Waals surface area contributed by atoms with E-state index in [0.717, 1.165) is 11.8 Å². The molecule has 0 aliphatic carbocycles. The second-order valence-corrected chi connectivity index (χ2v) is 3.33. The highest BCUT2D eigenvalue weighted by molar-refractivity contribution is 9.09. The van der Waals surface area contributed by atoms with Crippen LogP contribution >= 0.6 is 31.9 Å². The van der Waals surface area contributed by atoms with E-state index in [4.69, 9.17) is 0 Å².